The van der Waals surface area contributed by atoms with Gasteiger partial charge in [0.25, 0.3) is 5.91 Å². The number of aromatic nitrogens is 3. The van der Waals surface area contributed by atoms with E-state index in [1.165, 1.54) is 18.3 Å². The number of Topliss-reactive ketones (excluding diaryl/α,β-unsaturated/α-hetero) is 1. The zero-order chi connectivity index (χ0) is 28.6. The van der Waals surface area contributed by atoms with E-state index >= 15 is 0 Å². The van der Waals surface area contributed by atoms with Gasteiger partial charge in [0.15, 0.2) is 5.78 Å². The number of H-pyrrole nitrogens is 1. The van der Waals surface area contributed by atoms with Gasteiger partial charge in [-0.05, 0) is 41.8 Å². The Bertz CT molecular complexity index is 1620. The summed E-state index contributed by atoms with van der Waals surface area (Å²) < 4.78 is 18.5. The van der Waals surface area contributed by atoms with Crippen LogP contribution in [0.15, 0.2) is 84.6 Å². The van der Waals surface area contributed by atoms with Gasteiger partial charge in [-0.3, -0.25) is 14.6 Å². The van der Waals surface area contributed by atoms with Gasteiger partial charge in [0.05, 0.1) is 35.2 Å². The number of aromatic amines is 1. The molecule has 1 unspecified atom stereocenters. The lowest BCUT2D eigenvalue weighted by molar-refractivity contribution is 0.0821. The fraction of sp³-hybridized carbons (Fsp3) is 0.250. The van der Waals surface area contributed by atoms with Crippen LogP contribution in [-0.4, -0.2) is 33.0 Å². The van der Waals surface area contributed by atoms with Crippen LogP contribution in [0.25, 0.3) is 22.0 Å². The molecule has 9 heteroatoms. The molecule has 2 heterocycles. The van der Waals surface area contributed by atoms with E-state index in [0.29, 0.717) is 35.5 Å². The lowest BCUT2D eigenvalue weighted by Crippen LogP contribution is -2.28. The zero-order valence-corrected chi connectivity index (χ0v) is 23.5. The lowest BCUT2D eigenvalue weighted by Gasteiger charge is -2.16. The number of thiazole rings is 1. The van der Waals surface area contributed by atoms with Gasteiger partial charge in [-0.2, -0.15) is 0 Å². The van der Waals surface area contributed by atoms with Crippen LogP contribution < -0.4 is 10.1 Å². The quantitative estimate of drug-likeness (QED) is 0.112. The summed E-state index contributed by atoms with van der Waals surface area (Å²) in [5, 5.41) is 5.40. The summed E-state index contributed by atoms with van der Waals surface area (Å²) in [7, 11) is 0. The number of ketones is 1. The molecule has 5 aromatic rings. The molecule has 41 heavy (non-hydrogen) atoms. The van der Waals surface area contributed by atoms with E-state index in [9.17, 15) is 14.0 Å². The van der Waals surface area contributed by atoms with Gasteiger partial charge in [-0.15, -0.1) is 11.3 Å². The molecule has 7 nitrogen and oxygen atoms in total. The Morgan fingerprint density at radius 3 is 2.61 bits per heavy atom. The molecule has 0 bridgehead atoms. The minimum atomic E-state index is -1.50. The summed E-state index contributed by atoms with van der Waals surface area (Å²) in [5.41, 5.74) is 3.91. The number of carbonyl (C=O) groups excluding carboxylic acids is 2. The van der Waals surface area contributed by atoms with Crippen LogP contribution in [-0.2, 0) is 0 Å². The molecule has 2 N–H and O–H groups in total. The Labute approximate surface area is 241 Å². The summed E-state index contributed by atoms with van der Waals surface area (Å²) in [6.07, 6.45) is 5.02. The Kier molecular flexibility index (Phi) is 9.15. The third kappa shape index (κ3) is 7.24. The van der Waals surface area contributed by atoms with E-state index in [1.54, 1.807) is 42.2 Å². The van der Waals surface area contributed by atoms with Crippen molar-refractivity contribution in [1.82, 2.24) is 20.3 Å². The maximum atomic E-state index is 13.4. The van der Waals surface area contributed by atoms with Crippen LogP contribution >= 0.6 is 11.3 Å². The molecule has 2 aromatic heterocycles. The summed E-state index contributed by atoms with van der Waals surface area (Å²) in [6, 6.07) is 20.8. The molecule has 0 spiro atoms. The van der Waals surface area contributed by atoms with E-state index in [4.69, 9.17) is 4.74 Å². The highest BCUT2D eigenvalue weighted by Crippen LogP contribution is 2.27. The van der Waals surface area contributed by atoms with Crippen molar-refractivity contribution in [2.75, 3.05) is 0 Å². The van der Waals surface area contributed by atoms with Crippen molar-refractivity contribution in [1.29, 1.82) is 0 Å². The lowest BCUT2D eigenvalue weighted by atomic mass is 10.0. The van der Waals surface area contributed by atoms with E-state index in [1.807, 2.05) is 12.1 Å². The van der Waals surface area contributed by atoms with E-state index in [-0.39, 0.29) is 23.5 Å². The van der Waals surface area contributed by atoms with E-state index in [2.05, 4.69) is 50.6 Å². The number of hydrogen-bond acceptors (Lipinski definition) is 6. The molecule has 2 atom stereocenters. The van der Waals surface area contributed by atoms with Crippen molar-refractivity contribution in [2.24, 2.45) is 0 Å². The van der Waals surface area contributed by atoms with Crippen molar-refractivity contribution < 1.29 is 18.7 Å². The van der Waals surface area contributed by atoms with Crippen LogP contribution in [0.5, 0.6) is 5.75 Å². The molecule has 0 fully saturated rings. The molecular formula is C32H31FN4O3S. The fourth-order valence-electron chi connectivity index (χ4n) is 4.77. The minimum Gasteiger partial charge on any atom is -0.460 e. The predicted molar refractivity (Wildman–Crippen MR) is 159 cm³/mol. The van der Waals surface area contributed by atoms with Crippen LogP contribution in [0.2, 0.25) is 0 Å². The predicted octanol–water partition coefficient (Wildman–Crippen LogP) is 7.69. The fourth-order valence-corrected chi connectivity index (χ4v) is 5.29. The van der Waals surface area contributed by atoms with Gasteiger partial charge in [0.2, 0.25) is 6.36 Å². The molecule has 0 radical (unpaired) electrons. The number of ether oxygens (including phenoxy) is 1. The average Bonchev–Trinajstić information content (AvgIpc) is 3.69. The summed E-state index contributed by atoms with van der Waals surface area (Å²) in [5.74, 6) is 0.657. The van der Waals surface area contributed by atoms with Crippen LogP contribution in [0.3, 0.4) is 0 Å². The van der Waals surface area contributed by atoms with Gasteiger partial charge in [0.1, 0.15) is 16.5 Å². The monoisotopic (exact) mass is 570 g/mol. The maximum Gasteiger partial charge on any atom is 0.263 e. The Hall–Kier alpha value is -4.37. The number of amides is 1. The number of para-hydroxylation sites is 1. The summed E-state index contributed by atoms with van der Waals surface area (Å²) >= 11 is 1.28. The highest BCUT2D eigenvalue weighted by atomic mass is 32.1. The van der Waals surface area contributed by atoms with Gasteiger partial charge in [-0.25, -0.2) is 9.37 Å². The number of benzene rings is 3. The first-order valence-electron chi connectivity index (χ1n) is 13.6. The smallest absolute Gasteiger partial charge is 0.263 e. The van der Waals surface area contributed by atoms with Crippen molar-refractivity contribution >= 4 is 33.8 Å². The second-order valence-electron chi connectivity index (χ2n) is 9.82. The first kappa shape index (κ1) is 28.2. The van der Waals surface area contributed by atoms with E-state index in [0.717, 1.165) is 34.9 Å². The summed E-state index contributed by atoms with van der Waals surface area (Å²) in [4.78, 5) is 38.3. The number of carbonyl (C=O) groups is 2. The standard InChI is InChI=1S/C32H31FN4O3S/c1-21(33)40-29-14-8-7-11-25(29)28(38)13-4-2-3-12-26(37-32(39)30-19-34-20-41-30)31-35-18-27(36-31)24-16-15-22-9-5-6-10-23(22)17-24/h5-11,14-21,26H,2-4,12-13H2,1H3,(H,35,36)(H,37,39)/t21?,26-/m0/s1. The van der Waals surface area contributed by atoms with Crippen LogP contribution in [0, 0.1) is 0 Å². The SMILES string of the molecule is CC(F)Oc1ccccc1C(=O)CCCCC[C@H](NC(=O)c1cncs1)c1ncc(-c2ccc3ccccc3c2)[nH]1. The zero-order valence-electron chi connectivity index (χ0n) is 22.7. The van der Waals surface area contributed by atoms with Crippen molar-refractivity contribution in [3.8, 4) is 17.0 Å². The highest BCUT2D eigenvalue weighted by Gasteiger charge is 2.20. The number of halogens is 1. The van der Waals surface area contributed by atoms with Gasteiger partial charge in [0, 0.05) is 18.9 Å². The largest absolute Gasteiger partial charge is 0.460 e. The number of nitrogens with zero attached hydrogens (tertiary/aromatic N) is 2. The number of hydrogen-bond donors (Lipinski definition) is 2. The highest BCUT2D eigenvalue weighted by molar-refractivity contribution is 7.11. The molecule has 0 saturated heterocycles. The maximum absolute atomic E-state index is 13.4. The van der Waals surface area contributed by atoms with Crippen molar-refractivity contribution in [2.45, 2.75) is 51.4 Å². The third-order valence-electron chi connectivity index (χ3n) is 6.82. The molecular weight excluding hydrogens is 539 g/mol. The third-order valence-corrected chi connectivity index (χ3v) is 7.59. The van der Waals surface area contributed by atoms with Crippen molar-refractivity contribution in [3.63, 3.8) is 0 Å². The normalized spacial score (nSPS) is 12.6. The topological polar surface area (TPSA) is 97.0 Å². The van der Waals surface area contributed by atoms with Crippen LogP contribution in [0.4, 0.5) is 4.39 Å². The first-order chi connectivity index (χ1) is 20.0. The minimum absolute atomic E-state index is 0.0811. The molecule has 210 valence electrons. The number of unbranched alkanes of at least 4 members (excludes halogenated alkanes) is 2. The average molecular weight is 571 g/mol. The molecule has 1 amide bonds. The Balaban J connectivity index is 1.23. The number of alkyl halides is 1. The molecule has 0 aliphatic heterocycles. The number of imidazole rings is 1. The molecule has 0 saturated carbocycles. The number of fused-ring (bicyclic) bond motifs is 1. The van der Waals surface area contributed by atoms with Crippen LogP contribution in [0.1, 0.15) is 70.9 Å². The molecule has 3 aromatic carbocycles. The van der Waals surface area contributed by atoms with Gasteiger partial charge >= 0.3 is 0 Å². The Morgan fingerprint density at radius 2 is 1.80 bits per heavy atom. The number of rotatable bonds is 13. The molecule has 0 aliphatic rings. The molecule has 5 rings (SSSR count). The van der Waals surface area contributed by atoms with Gasteiger partial charge in [-0.1, -0.05) is 61.4 Å². The first-order valence-corrected chi connectivity index (χ1v) is 14.5. The van der Waals surface area contributed by atoms with Crippen molar-refractivity contribution in [3.05, 3.63) is 101 Å². The molecule has 0 aliphatic carbocycles. The second-order valence-corrected chi connectivity index (χ2v) is 10.7. The second kappa shape index (κ2) is 13.3. The van der Waals surface area contributed by atoms with E-state index < -0.39 is 6.36 Å². The number of nitrogens with one attached hydrogen (secondary N) is 2. The summed E-state index contributed by atoms with van der Waals surface area (Å²) in [6.45, 7) is 1.29. The Morgan fingerprint density at radius 1 is 1.00 bits per heavy atom. The van der Waals surface area contributed by atoms with Gasteiger partial charge < -0.3 is 15.0 Å².